The standard InChI is InChI=1S/C17H32O4/c1-4-6-7-8-9-10-11-12-13-16(21-15(3)18)14-20-17(19)5-2/h16H,4-14H2,1-3H3/t16-/m1/s1. The van der Waals surface area contributed by atoms with Crippen molar-refractivity contribution in [1.29, 1.82) is 0 Å². The molecule has 4 heteroatoms. The Hall–Kier alpha value is -1.06. The van der Waals surface area contributed by atoms with E-state index in [1.54, 1.807) is 6.92 Å². The molecule has 0 saturated carbocycles. The lowest BCUT2D eigenvalue weighted by atomic mass is 10.1. The molecular weight excluding hydrogens is 268 g/mol. The van der Waals surface area contributed by atoms with Gasteiger partial charge in [-0.15, -0.1) is 0 Å². The third-order valence-electron chi connectivity index (χ3n) is 3.43. The minimum absolute atomic E-state index is 0.183. The van der Waals surface area contributed by atoms with E-state index in [-0.39, 0.29) is 24.6 Å². The number of hydrogen-bond donors (Lipinski definition) is 0. The van der Waals surface area contributed by atoms with Crippen molar-refractivity contribution in [3.8, 4) is 0 Å². The summed E-state index contributed by atoms with van der Waals surface area (Å²) in [5.74, 6) is -0.560. The summed E-state index contributed by atoms with van der Waals surface area (Å²) in [5, 5.41) is 0. The number of unbranched alkanes of at least 4 members (excludes halogenated alkanes) is 7. The Balaban J connectivity index is 3.70. The van der Waals surface area contributed by atoms with Crippen LogP contribution in [-0.2, 0) is 19.1 Å². The topological polar surface area (TPSA) is 52.6 Å². The highest BCUT2D eigenvalue weighted by molar-refractivity contribution is 5.69. The van der Waals surface area contributed by atoms with E-state index >= 15 is 0 Å². The smallest absolute Gasteiger partial charge is 0.305 e. The lowest BCUT2D eigenvalue weighted by Crippen LogP contribution is -2.24. The van der Waals surface area contributed by atoms with Crippen LogP contribution in [0.25, 0.3) is 0 Å². The molecule has 0 aromatic carbocycles. The van der Waals surface area contributed by atoms with Gasteiger partial charge in [0, 0.05) is 13.3 Å². The summed E-state index contributed by atoms with van der Waals surface area (Å²) in [7, 11) is 0. The summed E-state index contributed by atoms with van der Waals surface area (Å²) >= 11 is 0. The molecule has 0 heterocycles. The van der Waals surface area contributed by atoms with Crippen molar-refractivity contribution >= 4 is 11.9 Å². The Kier molecular flexibility index (Phi) is 13.2. The maximum absolute atomic E-state index is 11.1. The Morgan fingerprint density at radius 2 is 1.48 bits per heavy atom. The predicted octanol–water partition coefficient (Wildman–Crippen LogP) is 4.40. The lowest BCUT2D eigenvalue weighted by Gasteiger charge is -2.16. The maximum Gasteiger partial charge on any atom is 0.305 e. The van der Waals surface area contributed by atoms with E-state index in [1.165, 1.54) is 45.4 Å². The zero-order chi connectivity index (χ0) is 15.9. The molecular formula is C17H32O4. The first-order chi connectivity index (χ1) is 10.1. The number of rotatable bonds is 13. The van der Waals surface area contributed by atoms with Gasteiger partial charge in [0.05, 0.1) is 0 Å². The summed E-state index contributed by atoms with van der Waals surface area (Å²) in [6.45, 7) is 5.55. The SMILES string of the molecule is CCCCCCCCCC[C@H](COC(=O)CC)OC(C)=O. The van der Waals surface area contributed by atoms with Gasteiger partial charge in [-0.2, -0.15) is 0 Å². The molecule has 0 aliphatic heterocycles. The Bertz CT molecular complexity index is 276. The van der Waals surface area contributed by atoms with Crippen LogP contribution < -0.4 is 0 Å². The molecule has 0 aromatic heterocycles. The maximum atomic E-state index is 11.1. The largest absolute Gasteiger partial charge is 0.462 e. The summed E-state index contributed by atoms with van der Waals surface area (Å²) in [6.07, 6.45) is 10.7. The van der Waals surface area contributed by atoms with Gasteiger partial charge in [-0.05, 0) is 12.8 Å². The highest BCUT2D eigenvalue weighted by atomic mass is 16.6. The van der Waals surface area contributed by atoms with E-state index in [2.05, 4.69) is 6.92 Å². The number of carbonyl (C=O) groups is 2. The first-order valence-electron chi connectivity index (χ1n) is 8.43. The van der Waals surface area contributed by atoms with Gasteiger partial charge in [0.15, 0.2) is 0 Å². The average molecular weight is 300 g/mol. The molecule has 124 valence electrons. The van der Waals surface area contributed by atoms with Gasteiger partial charge in [0.25, 0.3) is 0 Å². The zero-order valence-corrected chi connectivity index (χ0v) is 14.0. The van der Waals surface area contributed by atoms with Crippen LogP contribution in [0.3, 0.4) is 0 Å². The highest BCUT2D eigenvalue weighted by Gasteiger charge is 2.14. The third kappa shape index (κ3) is 13.7. The molecule has 0 fully saturated rings. The molecule has 4 nitrogen and oxygen atoms in total. The monoisotopic (exact) mass is 300 g/mol. The molecule has 1 atom stereocenters. The number of hydrogen-bond acceptors (Lipinski definition) is 4. The van der Waals surface area contributed by atoms with Crippen molar-refractivity contribution in [3.05, 3.63) is 0 Å². The fourth-order valence-corrected chi connectivity index (χ4v) is 2.20. The van der Waals surface area contributed by atoms with Crippen LogP contribution in [-0.4, -0.2) is 24.6 Å². The van der Waals surface area contributed by atoms with Crippen LogP contribution in [0.15, 0.2) is 0 Å². The molecule has 0 unspecified atom stereocenters. The Labute approximate surface area is 129 Å². The van der Waals surface area contributed by atoms with E-state index in [1.807, 2.05) is 0 Å². The lowest BCUT2D eigenvalue weighted by molar-refractivity contribution is -0.157. The van der Waals surface area contributed by atoms with Crippen LogP contribution >= 0.6 is 0 Å². The van der Waals surface area contributed by atoms with Crippen molar-refractivity contribution in [2.24, 2.45) is 0 Å². The first kappa shape index (κ1) is 19.9. The van der Waals surface area contributed by atoms with E-state index in [4.69, 9.17) is 9.47 Å². The third-order valence-corrected chi connectivity index (χ3v) is 3.43. The summed E-state index contributed by atoms with van der Waals surface area (Å²) in [6, 6.07) is 0. The molecule has 0 N–H and O–H groups in total. The molecule has 0 radical (unpaired) electrons. The molecule has 0 rings (SSSR count). The Morgan fingerprint density at radius 3 is 2.00 bits per heavy atom. The summed E-state index contributed by atoms with van der Waals surface area (Å²) in [4.78, 5) is 22.2. The fourth-order valence-electron chi connectivity index (χ4n) is 2.20. The van der Waals surface area contributed by atoms with Crippen LogP contribution in [0.5, 0.6) is 0 Å². The minimum atomic E-state index is -0.313. The fraction of sp³-hybridized carbons (Fsp3) is 0.882. The normalized spacial score (nSPS) is 12.0. The molecule has 0 bridgehead atoms. The molecule has 0 aromatic rings. The van der Waals surface area contributed by atoms with Crippen molar-refractivity contribution in [2.75, 3.05) is 6.61 Å². The van der Waals surface area contributed by atoms with Gasteiger partial charge in [0.1, 0.15) is 12.7 Å². The summed E-state index contributed by atoms with van der Waals surface area (Å²) < 4.78 is 10.2. The van der Waals surface area contributed by atoms with Gasteiger partial charge in [0.2, 0.25) is 0 Å². The molecule has 0 aliphatic rings. The Morgan fingerprint density at radius 1 is 0.905 bits per heavy atom. The molecule has 0 saturated heterocycles. The van der Waals surface area contributed by atoms with E-state index in [0.717, 1.165) is 19.3 Å². The van der Waals surface area contributed by atoms with Gasteiger partial charge >= 0.3 is 11.9 Å². The minimum Gasteiger partial charge on any atom is -0.462 e. The van der Waals surface area contributed by atoms with Gasteiger partial charge in [-0.25, -0.2) is 0 Å². The second-order valence-electron chi connectivity index (χ2n) is 5.53. The molecule has 21 heavy (non-hydrogen) atoms. The van der Waals surface area contributed by atoms with E-state index in [0.29, 0.717) is 6.42 Å². The summed E-state index contributed by atoms with van der Waals surface area (Å²) in [5.41, 5.74) is 0. The highest BCUT2D eigenvalue weighted by Crippen LogP contribution is 2.12. The van der Waals surface area contributed by atoms with Crippen molar-refractivity contribution < 1.29 is 19.1 Å². The quantitative estimate of drug-likeness (QED) is 0.373. The van der Waals surface area contributed by atoms with Crippen molar-refractivity contribution in [1.82, 2.24) is 0 Å². The number of ether oxygens (including phenoxy) is 2. The van der Waals surface area contributed by atoms with E-state index in [9.17, 15) is 9.59 Å². The van der Waals surface area contributed by atoms with Crippen LogP contribution in [0.1, 0.15) is 85.0 Å². The van der Waals surface area contributed by atoms with Crippen molar-refractivity contribution in [2.45, 2.75) is 91.1 Å². The molecule has 0 spiro atoms. The van der Waals surface area contributed by atoms with Crippen LogP contribution in [0.4, 0.5) is 0 Å². The van der Waals surface area contributed by atoms with Gasteiger partial charge < -0.3 is 9.47 Å². The predicted molar refractivity (Wildman–Crippen MR) is 84.0 cm³/mol. The van der Waals surface area contributed by atoms with Crippen molar-refractivity contribution in [3.63, 3.8) is 0 Å². The van der Waals surface area contributed by atoms with Gasteiger partial charge in [-0.1, -0.05) is 58.8 Å². The second kappa shape index (κ2) is 13.9. The van der Waals surface area contributed by atoms with E-state index < -0.39 is 0 Å². The number of carbonyl (C=O) groups excluding carboxylic acids is 2. The second-order valence-corrected chi connectivity index (χ2v) is 5.53. The number of esters is 2. The zero-order valence-electron chi connectivity index (χ0n) is 14.0. The molecule has 0 aliphatic carbocycles. The van der Waals surface area contributed by atoms with Crippen LogP contribution in [0.2, 0.25) is 0 Å². The van der Waals surface area contributed by atoms with Gasteiger partial charge in [-0.3, -0.25) is 9.59 Å². The van der Waals surface area contributed by atoms with Crippen LogP contribution in [0, 0.1) is 0 Å². The average Bonchev–Trinajstić information content (AvgIpc) is 2.46. The first-order valence-corrected chi connectivity index (χ1v) is 8.43. The molecule has 0 amide bonds.